The maximum Gasteiger partial charge on any atom is 0.0452 e. The van der Waals surface area contributed by atoms with Gasteiger partial charge in [0.1, 0.15) is 0 Å². The molecule has 0 saturated heterocycles. The van der Waals surface area contributed by atoms with Gasteiger partial charge in [0.25, 0.3) is 0 Å². The molecule has 2 saturated carbocycles. The summed E-state index contributed by atoms with van der Waals surface area (Å²) in [5.41, 5.74) is 7.24. The second kappa shape index (κ2) is 5.09. The van der Waals surface area contributed by atoms with Crippen LogP contribution in [0.3, 0.4) is 0 Å². The van der Waals surface area contributed by atoms with Gasteiger partial charge in [-0.15, -0.1) is 0 Å². The van der Waals surface area contributed by atoms with Gasteiger partial charge >= 0.3 is 0 Å². The Morgan fingerprint density at radius 1 is 1.29 bits per heavy atom. The average molecular weight is 250 g/mol. The van der Waals surface area contributed by atoms with E-state index in [1.54, 1.807) is 11.3 Å². The molecule has 1 aromatic heterocycles. The van der Waals surface area contributed by atoms with Gasteiger partial charge in [-0.25, -0.2) is 0 Å². The van der Waals surface area contributed by atoms with Crippen LogP contribution in [0, 0.1) is 17.8 Å². The Morgan fingerprint density at radius 2 is 2.00 bits per heavy atom. The molecular formula is C14H22N2S. The van der Waals surface area contributed by atoms with Crippen LogP contribution in [0.2, 0.25) is 0 Å². The topological polar surface area (TPSA) is 38.0 Å². The number of hydrogen-bond acceptors (Lipinski definition) is 3. The fourth-order valence-corrected chi connectivity index (χ4v) is 3.57. The summed E-state index contributed by atoms with van der Waals surface area (Å²) < 4.78 is 0. The summed E-state index contributed by atoms with van der Waals surface area (Å²) in [6.45, 7) is 1.88. The van der Waals surface area contributed by atoms with Crippen molar-refractivity contribution >= 4 is 11.3 Å². The SMILES string of the molecule is NCC(NCC(C1CC1)C1CC1)c1ccsc1. The second-order valence-corrected chi connectivity index (χ2v) is 6.37. The van der Waals surface area contributed by atoms with E-state index < -0.39 is 0 Å². The molecule has 2 aliphatic rings. The van der Waals surface area contributed by atoms with E-state index in [0.717, 1.165) is 17.8 Å². The first-order valence-electron chi connectivity index (χ1n) is 6.84. The van der Waals surface area contributed by atoms with Crippen molar-refractivity contribution in [2.45, 2.75) is 31.7 Å². The van der Waals surface area contributed by atoms with Gasteiger partial charge in [-0.3, -0.25) is 0 Å². The molecule has 3 N–H and O–H groups in total. The van der Waals surface area contributed by atoms with Gasteiger partial charge < -0.3 is 11.1 Å². The third-order valence-corrected chi connectivity index (χ3v) is 4.94. The predicted molar refractivity (Wildman–Crippen MR) is 73.1 cm³/mol. The van der Waals surface area contributed by atoms with Crippen molar-refractivity contribution in [3.8, 4) is 0 Å². The highest BCUT2D eigenvalue weighted by atomic mass is 32.1. The van der Waals surface area contributed by atoms with E-state index >= 15 is 0 Å². The monoisotopic (exact) mass is 250 g/mol. The Morgan fingerprint density at radius 3 is 2.47 bits per heavy atom. The molecular weight excluding hydrogens is 228 g/mol. The molecule has 0 aromatic carbocycles. The van der Waals surface area contributed by atoms with Crippen LogP contribution >= 0.6 is 11.3 Å². The van der Waals surface area contributed by atoms with E-state index in [0.29, 0.717) is 12.6 Å². The van der Waals surface area contributed by atoms with Crippen molar-refractivity contribution in [3.05, 3.63) is 22.4 Å². The number of nitrogens with one attached hydrogen (secondary N) is 1. The molecule has 3 heteroatoms. The highest BCUT2D eigenvalue weighted by Crippen LogP contribution is 2.48. The summed E-state index contributed by atoms with van der Waals surface area (Å²) >= 11 is 1.76. The second-order valence-electron chi connectivity index (χ2n) is 5.59. The van der Waals surface area contributed by atoms with Crippen LogP contribution in [-0.2, 0) is 0 Å². The lowest BCUT2D eigenvalue weighted by molar-refractivity contribution is 0.357. The highest BCUT2D eigenvalue weighted by Gasteiger charge is 2.41. The normalized spacial score (nSPS) is 22.0. The van der Waals surface area contributed by atoms with E-state index in [2.05, 4.69) is 22.1 Å². The number of hydrogen-bond donors (Lipinski definition) is 2. The number of thiophene rings is 1. The molecule has 0 bridgehead atoms. The lowest BCUT2D eigenvalue weighted by Crippen LogP contribution is -2.33. The van der Waals surface area contributed by atoms with Gasteiger partial charge in [0.05, 0.1) is 0 Å². The van der Waals surface area contributed by atoms with Crippen LogP contribution in [0.15, 0.2) is 16.8 Å². The first kappa shape index (κ1) is 11.7. The van der Waals surface area contributed by atoms with Crippen LogP contribution < -0.4 is 11.1 Å². The van der Waals surface area contributed by atoms with Gasteiger partial charge in [0.15, 0.2) is 0 Å². The summed E-state index contributed by atoms with van der Waals surface area (Å²) in [5.74, 6) is 2.98. The quantitative estimate of drug-likeness (QED) is 0.781. The lowest BCUT2D eigenvalue weighted by atomic mass is 9.97. The van der Waals surface area contributed by atoms with Gasteiger partial charge in [-0.05, 0) is 72.4 Å². The summed E-state index contributed by atoms with van der Waals surface area (Å²) in [4.78, 5) is 0. The summed E-state index contributed by atoms with van der Waals surface area (Å²) in [6.07, 6.45) is 5.87. The van der Waals surface area contributed by atoms with Crippen molar-refractivity contribution in [1.29, 1.82) is 0 Å². The largest absolute Gasteiger partial charge is 0.329 e. The molecule has 94 valence electrons. The molecule has 0 amide bonds. The van der Waals surface area contributed by atoms with Gasteiger partial charge in [0, 0.05) is 12.6 Å². The smallest absolute Gasteiger partial charge is 0.0452 e. The van der Waals surface area contributed by atoms with Crippen LogP contribution in [0.1, 0.15) is 37.3 Å². The minimum atomic E-state index is 0.362. The Hall–Kier alpha value is -0.380. The maximum absolute atomic E-state index is 5.88. The molecule has 2 nitrogen and oxygen atoms in total. The Labute approximate surface area is 108 Å². The van der Waals surface area contributed by atoms with Gasteiger partial charge in [-0.1, -0.05) is 0 Å². The van der Waals surface area contributed by atoms with E-state index in [4.69, 9.17) is 5.73 Å². The predicted octanol–water partition coefficient (Wildman–Crippen LogP) is 2.77. The number of rotatable bonds is 7. The zero-order valence-corrected chi connectivity index (χ0v) is 11.1. The van der Waals surface area contributed by atoms with Crippen molar-refractivity contribution in [2.24, 2.45) is 23.5 Å². The van der Waals surface area contributed by atoms with Gasteiger partial charge in [-0.2, -0.15) is 11.3 Å². The fourth-order valence-electron chi connectivity index (χ4n) is 2.86. The third-order valence-electron chi connectivity index (χ3n) is 4.24. The lowest BCUT2D eigenvalue weighted by Gasteiger charge is -2.21. The standard InChI is InChI=1S/C14H22N2S/c15-7-14(12-5-6-17-9-12)16-8-13(10-1-2-10)11-3-4-11/h5-6,9-11,13-14,16H,1-4,7-8,15H2. The van der Waals surface area contributed by atoms with Crippen LogP contribution in [0.4, 0.5) is 0 Å². The molecule has 0 radical (unpaired) electrons. The fraction of sp³-hybridized carbons (Fsp3) is 0.714. The van der Waals surface area contributed by atoms with Crippen LogP contribution in [-0.4, -0.2) is 13.1 Å². The third kappa shape index (κ3) is 2.90. The van der Waals surface area contributed by atoms with Gasteiger partial charge in [0.2, 0.25) is 0 Å². The molecule has 3 rings (SSSR count). The molecule has 1 atom stereocenters. The van der Waals surface area contributed by atoms with E-state index in [1.165, 1.54) is 37.8 Å². The van der Waals surface area contributed by atoms with Crippen LogP contribution in [0.5, 0.6) is 0 Å². The molecule has 0 aliphatic heterocycles. The first-order valence-corrected chi connectivity index (χ1v) is 7.78. The molecule has 1 unspecified atom stereocenters. The van der Waals surface area contributed by atoms with Crippen molar-refractivity contribution in [2.75, 3.05) is 13.1 Å². The molecule has 1 aromatic rings. The molecule has 0 spiro atoms. The van der Waals surface area contributed by atoms with E-state index in [-0.39, 0.29) is 0 Å². The zero-order chi connectivity index (χ0) is 11.7. The van der Waals surface area contributed by atoms with Crippen molar-refractivity contribution in [3.63, 3.8) is 0 Å². The first-order chi connectivity index (χ1) is 8.38. The van der Waals surface area contributed by atoms with E-state index in [9.17, 15) is 0 Å². The van der Waals surface area contributed by atoms with Crippen LogP contribution in [0.25, 0.3) is 0 Å². The summed E-state index contributed by atoms with van der Waals surface area (Å²) in [7, 11) is 0. The average Bonchev–Trinajstić information content (AvgIpc) is 3.27. The molecule has 1 heterocycles. The Bertz CT molecular complexity index is 329. The summed E-state index contributed by atoms with van der Waals surface area (Å²) in [5, 5.41) is 8.05. The maximum atomic E-state index is 5.88. The Balaban J connectivity index is 1.54. The molecule has 2 fully saturated rings. The minimum absolute atomic E-state index is 0.362. The van der Waals surface area contributed by atoms with Crippen molar-refractivity contribution in [1.82, 2.24) is 5.32 Å². The molecule has 17 heavy (non-hydrogen) atoms. The molecule has 2 aliphatic carbocycles. The highest BCUT2D eigenvalue weighted by molar-refractivity contribution is 7.07. The Kier molecular flexibility index (Phi) is 3.50. The zero-order valence-electron chi connectivity index (χ0n) is 10.3. The van der Waals surface area contributed by atoms with E-state index in [1.807, 2.05) is 0 Å². The minimum Gasteiger partial charge on any atom is -0.329 e. The van der Waals surface area contributed by atoms with Crippen molar-refractivity contribution < 1.29 is 0 Å². The summed E-state index contributed by atoms with van der Waals surface area (Å²) in [6, 6.07) is 2.56. The number of nitrogens with two attached hydrogens (primary N) is 1.